The lowest BCUT2D eigenvalue weighted by Crippen LogP contribution is -2.31. The van der Waals surface area contributed by atoms with Crippen LogP contribution in [0, 0.1) is 5.41 Å². The van der Waals surface area contributed by atoms with Crippen LogP contribution in [0.1, 0.15) is 29.8 Å². The summed E-state index contributed by atoms with van der Waals surface area (Å²) in [5.74, 6) is 0.239. The van der Waals surface area contributed by atoms with E-state index in [0.29, 0.717) is 6.42 Å². The molecule has 4 heteroatoms. The van der Waals surface area contributed by atoms with Crippen LogP contribution in [0.3, 0.4) is 0 Å². The SMILES string of the molecule is CCN(Cc1cccs1)C(CC(=N)N)c1ccccc1. The second-order valence-electron chi connectivity index (χ2n) is 4.80. The molecule has 1 atom stereocenters. The van der Waals surface area contributed by atoms with Gasteiger partial charge in [-0.15, -0.1) is 11.3 Å². The van der Waals surface area contributed by atoms with Crippen molar-refractivity contribution in [3.8, 4) is 0 Å². The van der Waals surface area contributed by atoms with E-state index in [9.17, 15) is 0 Å². The van der Waals surface area contributed by atoms with E-state index in [-0.39, 0.29) is 11.9 Å². The number of benzene rings is 1. The van der Waals surface area contributed by atoms with Gasteiger partial charge >= 0.3 is 0 Å². The molecule has 1 heterocycles. The van der Waals surface area contributed by atoms with Crippen molar-refractivity contribution in [2.24, 2.45) is 5.73 Å². The number of amidine groups is 1. The molecule has 3 N–H and O–H groups in total. The van der Waals surface area contributed by atoms with Crippen LogP contribution in [0.15, 0.2) is 47.8 Å². The van der Waals surface area contributed by atoms with Gasteiger partial charge in [0, 0.05) is 23.9 Å². The third-order valence-corrected chi connectivity index (χ3v) is 4.24. The topological polar surface area (TPSA) is 53.1 Å². The Morgan fingerprint density at radius 3 is 2.55 bits per heavy atom. The maximum absolute atomic E-state index is 7.65. The van der Waals surface area contributed by atoms with Gasteiger partial charge < -0.3 is 5.73 Å². The van der Waals surface area contributed by atoms with Crippen molar-refractivity contribution < 1.29 is 0 Å². The molecule has 0 amide bonds. The minimum Gasteiger partial charge on any atom is -0.388 e. The predicted molar refractivity (Wildman–Crippen MR) is 86.1 cm³/mol. The standard InChI is InChI=1S/C16H21N3S/c1-2-19(12-14-9-6-10-20-14)15(11-16(17)18)13-7-4-3-5-8-13/h3-10,15H,2,11-12H2,1H3,(H3,17,18). The molecule has 0 aliphatic rings. The summed E-state index contributed by atoms with van der Waals surface area (Å²) in [7, 11) is 0. The van der Waals surface area contributed by atoms with Crippen molar-refractivity contribution in [3.05, 3.63) is 58.3 Å². The van der Waals surface area contributed by atoms with E-state index in [4.69, 9.17) is 11.1 Å². The van der Waals surface area contributed by atoms with Crippen molar-refractivity contribution in [2.75, 3.05) is 6.54 Å². The third kappa shape index (κ3) is 3.92. The lowest BCUT2D eigenvalue weighted by Gasteiger charge is -2.30. The van der Waals surface area contributed by atoms with Crippen LogP contribution in [0.2, 0.25) is 0 Å². The Kier molecular flexibility index (Phi) is 5.32. The van der Waals surface area contributed by atoms with Gasteiger partial charge in [-0.25, -0.2) is 0 Å². The average Bonchev–Trinajstić information content (AvgIpc) is 2.96. The zero-order valence-corrected chi connectivity index (χ0v) is 12.6. The minimum absolute atomic E-state index is 0.167. The molecular formula is C16H21N3S. The molecule has 20 heavy (non-hydrogen) atoms. The number of nitrogens with one attached hydrogen (secondary N) is 1. The van der Waals surface area contributed by atoms with Gasteiger partial charge in [0.15, 0.2) is 0 Å². The Morgan fingerprint density at radius 2 is 2.00 bits per heavy atom. The zero-order valence-electron chi connectivity index (χ0n) is 11.8. The van der Waals surface area contributed by atoms with Crippen LogP contribution in [0.5, 0.6) is 0 Å². The maximum Gasteiger partial charge on any atom is 0.0924 e. The van der Waals surface area contributed by atoms with E-state index in [1.807, 2.05) is 18.2 Å². The monoisotopic (exact) mass is 287 g/mol. The van der Waals surface area contributed by atoms with Gasteiger partial charge in [0.05, 0.1) is 5.84 Å². The van der Waals surface area contributed by atoms with Gasteiger partial charge in [0.25, 0.3) is 0 Å². The number of hydrogen-bond acceptors (Lipinski definition) is 3. The predicted octanol–water partition coefficient (Wildman–Crippen LogP) is 3.64. The number of thiophene rings is 1. The summed E-state index contributed by atoms with van der Waals surface area (Å²) in [4.78, 5) is 3.72. The van der Waals surface area contributed by atoms with Gasteiger partial charge in [-0.1, -0.05) is 43.3 Å². The van der Waals surface area contributed by atoms with Gasteiger partial charge in [-0.2, -0.15) is 0 Å². The molecule has 0 aliphatic carbocycles. The molecular weight excluding hydrogens is 266 g/mol. The molecule has 3 nitrogen and oxygen atoms in total. The van der Waals surface area contributed by atoms with E-state index in [1.165, 1.54) is 10.4 Å². The molecule has 0 radical (unpaired) electrons. The Balaban J connectivity index is 2.21. The van der Waals surface area contributed by atoms with Crippen molar-refractivity contribution >= 4 is 17.2 Å². The van der Waals surface area contributed by atoms with Crippen molar-refractivity contribution in [1.82, 2.24) is 4.90 Å². The fourth-order valence-electron chi connectivity index (χ4n) is 2.39. The number of hydrogen-bond donors (Lipinski definition) is 2. The smallest absolute Gasteiger partial charge is 0.0924 e. The first kappa shape index (κ1) is 14.8. The summed E-state index contributed by atoms with van der Waals surface area (Å²) in [5.41, 5.74) is 6.88. The Hall–Kier alpha value is -1.65. The van der Waals surface area contributed by atoms with Gasteiger partial charge in [0.2, 0.25) is 0 Å². The summed E-state index contributed by atoms with van der Waals surface area (Å²) in [6.07, 6.45) is 0.573. The van der Waals surface area contributed by atoms with Gasteiger partial charge in [0.1, 0.15) is 0 Å². The fraction of sp³-hybridized carbons (Fsp3) is 0.312. The second-order valence-corrected chi connectivity index (χ2v) is 5.83. The van der Waals surface area contributed by atoms with Crippen molar-refractivity contribution in [1.29, 1.82) is 5.41 Å². The van der Waals surface area contributed by atoms with Crippen molar-refractivity contribution in [3.63, 3.8) is 0 Å². The summed E-state index contributed by atoms with van der Waals surface area (Å²) in [6.45, 7) is 4.00. The van der Waals surface area contributed by atoms with Crippen molar-refractivity contribution in [2.45, 2.75) is 25.9 Å². The molecule has 0 spiro atoms. The molecule has 0 aliphatic heterocycles. The highest BCUT2D eigenvalue weighted by Crippen LogP contribution is 2.26. The molecule has 0 saturated heterocycles. The highest BCUT2D eigenvalue weighted by Gasteiger charge is 2.20. The maximum atomic E-state index is 7.65. The first-order valence-electron chi connectivity index (χ1n) is 6.85. The quantitative estimate of drug-likeness (QED) is 0.603. The molecule has 0 bridgehead atoms. The molecule has 2 aromatic rings. The lowest BCUT2D eigenvalue weighted by atomic mass is 10.0. The summed E-state index contributed by atoms with van der Waals surface area (Å²) in [6, 6.07) is 14.7. The molecule has 1 aromatic heterocycles. The molecule has 0 fully saturated rings. The number of nitrogens with zero attached hydrogens (tertiary/aromatic N) is 1. The highest BCUT2D eigenvalue weighted by molar-refractivity contribution is 7.09. The molecule has 2 rings (SSSR count). The van der Waals surface area contributed by atoms with Crippen LogP contribution < -0.4 is 5.73 Å². The summed E-state index contributed by atoms with van der Waals surface area (Å²) >= 11 is 1.77. The van der Waals surface area contributed by atoms with E-state index in [2.05, 4.69) is 41.5 Å². The number of nitrogens with two attached hydrogens (primary N) is 1. The number of rotatable bonds is 7. The van der Waals surface area contributed by atoms with Crippen LogP contribution in [-0.4, -0.2) is 17.3 Å². The Bertz CT molecular complexity index is 522. The molecule has 106 valence electrons. The largest absolute Gasteiger partial charge is 0.388 e. The molecule has 1 unspecified atom stereocenters. The molecule has 0 saturated carbocycles. The van der Waals surface area contributed by atoms with Crippen LogP contribution >= 0.6 is 11.3 Å². The lowest BCUT2D eigenvalue weighted by molar-refractivity contribution is 0.204. The van der Waals surface area contributed by atoms with E-state index < -0.39 is 0 Å². The van der Waals surface area contributed by atoms with Crippen LogP contribution in [0.25, 0.3) is 0 Å². The second kappa shape index (κ2) is 7.22. The summed E-state index contributed by atoms with van der Waals surface area (Å²) in [5, 5.41) is 9.75. The summed E-state index contributed by atoms with van der Waals surface area (Å²) < 4.78 is 0. The normalized spacial score (nSPS) is 12.5. The van der Waals surface area contributed by atoms with Gasteiger partial charge in [-0.05, 0) is 23.6 Å². The van der Waals surface area contributed by atoms with E-state index >= 15 is 0 Å². The van der Waals surface area contributed by atoms with E-state index in [1.54, 1.807) is 11.3 Å². The third-order valence-electron chi connectivity index (χ3n) is 3.38. The van der Waals surface area contributed by atoms with Crippen LogP contribution in [0.4, 0.5) is 0 Å². The van der Waals surface area contributed by atoms with Crippen LogP contribution in [-0.2, 0) is 6.54 Å². The minimum atomic E-state index is 0.167. The average molecular weight is 287 g/mol. The van der Waals surface area contributed by atoms with E-state index in [0.717, 1.165) is 13.1 Å². The first-order chi connectivity index (χ1) is 9.70. The Labute approximate surface area is 124 Å². The highest BCUT2D eigenvalue weighted by atomic mass is 32.1. The Morgan fingerprint density at radius 1 is 1.25 bits per heavy atom. The zero-order chi connectivity index (χ0) is 14.4. The first-order valence-corrected chi connectivity index (χ1v) is 7.73. The van der Waals surface area contributed by atoms with Gasteiger partial charge in [-0.3, -0.25) is 10.3 Å². The molecule has 1 aromatic carbocycles. The fourth-order valence-corrected chi connectivity index (χ4v) is 3.12.